The first-order chi connectivity index (χ1) is 14.4. The highest BCUT2D eigenvalue weighted by molar-refractivity contribution is 5.95. The number of phenols is 1. The molecule has 0 spiro atoms. The average Bonchev–Trinajstić information content (AvgIpc) is 3.56. The predicted octanol–water partition coefficient (Wildman–Crippen LogP) is 5.11. The van der Waals surface area contributed by atoms with Crippen LogP contribution in [0.25, 0.3) is 0 Å². The highest BCUT2D eigenvalue weighted by Gasteiger charge is 2.47. The monoisotopic (exact) mass is 407 g/mol. The van der Waals surface area contributed by atoms with Crippen LogP contribution in [-0.2, 0) is 16.0 Å². The molecule has 2 aromatic rings. The van der Waals surface area contributed by atoms with E-state index in [1.165, 1.54) is 0 Å². The Labute approximate surface area is 177 Å². The van der Waals surface area contributed by atoms with Gasteiger partial charge in [0, 0.05) is 18.2 Å². The largest absolute Gasteiger partial charge is 0.510 e. The average molecular weight is 408 g/mol. The number of ether oxygens (including phenoxy) is 1. The number of nitrogens with zero attached hydrogens (tertiary/aromatic N) is 1. The molecule has 2 aromatic carbocycles. The number of phenolic OH excluding ortho intramolecular Hbond substituents is 1. The van der Waals surface area contributed by atoms with Crippen LogP contribution in [0, 0.1) is 5.92 Å². The number of carbonyl (C=O) groups is 1. The molecule has 158 valence electrons. The predicted molar refractivity (Wildman–Crippen MR) is 116 cm³/mol. The Balaban J connectivity index is 1.61. The fourth-order valence-electron chi connectivity index (χ4n) is 4.20. The van der Waals surface area contributed by atoms with Crippen LogP contribution in [0.5, 0.6) is 5.75 Å². The van der Waals surface area contributed by atoms with Crippen molar-refractivity contribution in [3.05, 3.63) is 71.6 Å². The van der Waals surface area contributed by atoms with Crippen LogP contribution in [0.15, 0.2) is 66.1 Å². The molecule has 2 N–H and O–H groups in total. The van der Waals surface area contributed by atoms with Crippen molar-refractivity contribution in [3.8, 4) is 5.75 Å². The summed E-state index contributed by atoms with van der Waals surface area (Å²) in [6.45, 7) is 4.05. The number of aromatic hydroxyl groups is 1. The summed E-state index contributed by atoms with van der Waals surface area (Å²) in [7, 11) is 0. The molecular weight excluding hydrogens is 378 g/mol. The molecule has 4 rings (SSSR count). The third-order valence-electron chi connectivity index (χ3n) is 6.24. The van der Waals surface area contributed by atoms with Gasteiger partial charge in [0.25, 0.3) is 0 Å². The zero-order valence-corrected chi connectivity index (χ0v) is 17.5. The molecule has 1 aliphatic heterocycles. The molecule has 5 heteroatoms. The van der Waals surface area contributed by atoms with E-state index < -0.39 is 11.6 Å². The minimum atomic E-state index is -0.755. The van der Waals surface area contributed by atoms with Crippen molar-refractivity contribution in [2.24, 2.45) is 5.92 Å². The second-order valence-electron chi connectivity index (χ2n) is 8.68. The Morgan fingerprint density at radius 2 is 1.73 bits per heavy atom. The molecule has 1 aliphatic carbocycles. The first kappa shape index (κ1) is 20.3. The van der Waals surface area contributed by atoms with Gasteiger partial charge in [0.2, 0.25) is 0 Å². The van der Waals surface area contributed by atoms with Crippen LogP contribution >= 0.6 is 0 Å². The lowest BCUT2D eigenvalue weighted by Gasteiger charge is -2.42. The number of aliphatic hydroxyl groups is 1. The van der Waals surface area contributed by atoms with Crippen molar-refractivity contribution in [2.45, 2.75) is 57.6 Å². The molecule has 0 bridgehead atoms. The second-order valence-corrected chi connectivity index (χ2v) is 8.68. The molecule has 1 heterocycles. The number of carbonyl (C=O) groups excluding carboxylic acids is 1. The molecule has 1 atom stereocenters. The molecule has 0 aromatic heterocycles. The summed E-state index contributed by atoms with van der Waals surface area (Å²) >= 11 is 0. The van der Waals surface area contributed by atoms with E-state index in [-0.39, 0.29) is 29.2 Å². The number of hydrogen-bond acceptors (Lipinski definition) is 5. The molecule has 1 fully saturated rings. The molecule has 5 nitrogen and oxygen atoms in total. The molecule has 1 unspecified atom stereocenters. The summed E-state index contributed by atoms with van der Waals surface area (Å²) in [6, 6.07) is 17.0. The van der Waals surface area contributed by atoms with Gasteiger partial charge in [-0.15, -0.1) is 0 Å². The summed E-state index contributed by atoms with van der Waals surface area (Å²) in [5, 5.41) is 20.6. The summed E-state index contributed by atoms with van der Waals surface area (Å²) in [5.41, 5.74) is 1.49. The van der Waals surface area contributed by atoms with Gasteiger partial charge in [-0.05, 0) is 61.4 Å². The Morgan fingerprint density at radius 1 is 1.07 bits per heavy atom. The normalized spacial score (nSPS) is 21.6. The number of anilines is 1. The fourth-order valence-corrected chi connectivity index (χ4v) is 4.20. The van der Waals surface area contributed by atoms with E-state index in [2.05, 4.69) is 0 Å². The Bertz CT molecular complexity index is 931. The summed E-state index contributed by atoms with van der Waals surface area (Å²) in [5.74, 6) is -0.0589. The van der Waals surface area contributed by atoms with E-state index in [9.17, 15) is 15.0 Å². The molecule has 0 amide bonds. The lowest BCUT2D eigenvalue weighted by atomic mass is 9.79. The minimum Gasteiger partial charge on any atom is -0.510 e. The lowest BCUT2D eigenvalue weighted by Crippen LogP contribution is -2.48. The number of esters is 1. The first-order valence-corrected chi connectivity index (χ1v) is 10.7. The maximum Gasteiger partial charge on any atom is 0.359 e. The summed E-state index contributed by atoms with van der Waals surface area (Å²) in [4.78, 5) is 15.2. The van der Waals surface area contributed by atoms with Gasteiger partial charge in [-0.3, -0.25) is 0 Å². The van der Waals surface area contributed by atoms with Gasteiger partial charge in [0.1, 0.15) is 17.1 Å². The number of hydrogen-bond donors (Lipinski definition) is 2. The van der Waals surface area contributed by atoms with E-state index in [1.807, 2.05) is 61.2 Å². The minimum absolute atomic E-state index is 0.0494. The van der Waals surface area contributed by atoms with E-state index in [1.54, 1.807) is 12.1 Å². The van der Waals surface area contributed by atoms with E-state index >= 15 is 0 Å². The molecule has 0 radical (unpaired) electrons. The van der Waals surface area contributed by atoms with Gasteiger partial charge in [0.05, 0.1) is 0 Å². The Kier molecular flexibility index (Phi) is 5.46. The molecule has 1 saturated carbocycles. The maximum absolute atomic E-state index is 13.2. The Morgan fingerprint density at radius 3 is 2.30 bits per heavy atom. The standard InChI is InChI=1S/C25H29NO4/c1-17(2)25(15-14-18-8-12-21(27)13-9-18)16-22(28)23(24(29)30-25)26(20-10-11-20)19-6-4-3-5-7-19/h3-9,12-13,17,20,27-28H,10-11,14-16H2,1-2H3. The number of benzene rings is 2. The first-order valence-electron chi connectivity index (χ1n) is 10.7. The number of aliphatic hydroxyl groups excluding tert-OH is 1. The zero-order valence-electron chi connectivity index (χ0n) is 17.5. The van der Waals surface area contributed by atoms with Crippen molar-refractivity contribution >= 4 is 11.7 Å². The zero-order chi connectivity index (χ0) is 21.3. The van der Waals surface area contributed by atoms with Gasteiger partial charge in [0.15, 0.2) is 5.70 Å². The fraction of sp³-hybridized carbons (Fsp3) is 0.400. The van der Waals surface area contributed by atoms with Crippen molar-refractivity contribution < 1.29 is 19.7 Å². The molecular formula is C25H29NO4. The molecule has 0 saturated heterocycles. The molecule has 30 heavy (non-hydrogen) atoms. The number of rotatable bonds is 7. The third kappa shape index (κ3) is 4.02. The SMILES string of the molecule is CC(C)C1(CCc2ccc(O)cc2)CC(O)=C(N(c2ccccc2)C2CC2)C(=O)O1. The van der Waals surface area contributed by atoms with Crippen molar-refractivity contribution in [2.75, 3.05) is 4.90 Å². The van der Waals surface area contributed by atoms with Crippen molar-refractivity contribution in [1.29, 1.82) is 0 Å². The second kappa shape index (κ2) is 8.05. The van der Waals surface area contributed by atoms with Gasteiger partial charge >= 0.3 is 5.97 Å². The summed E-state index contributed by atoms with van der Waals surface area (Å²) in [6.07, 6.45) is 3.59. The van der Waals surface area contributed by atoms with E-state index in [0.717, 1.165) is 24.1 Å². The van der Waals surface area contributed by atoms with Crippen molar-refractivity contribution in [1.82, 2.24) is 0 Å². The van der Waals surface area contributed by atoms with Crippen LogP contribution in [-0.4, -0.2) is 27.8 Å². The topological polar surface area (TPSA) is 70.0 Å². The number of cyclic esters (lactones) is 1. The lowest BCUT2D eigenvalue weighted by molar-refractivity contribution is -0.166. The quantitative estimate of drug-likeness (QED) is 0.625. The van der Waals surface area contributed by atoms with Crippen molar-refractivity contribution in [3.63, 3.8) is 0 Å². The van der Waals surface area contributed by atoms with Crippen LogP contribution in [0.3, 0.4) is 0 Å². The van der Waals surface area contributed by atoms with Gasteiger partial charge in [-0.25, -0.2) is 4.79 Å². The van der Waals surface area contributed by atoms with E-state index in [4.69, 9.17) is 4.74 Å². The van der Waals surface area contributed by atoms with Crippen LogP contribution in [0.2, 0.25) is 0 Å². The van der Waals surface area contributed by atoms with E-state index in [0.29, 0.717) is 19.3 Å². The number of para-hydroxylation sites is 1. The van der Waals surface area contributed by atoms with Gasteiger partial charge < -0.3 is 19.8 Å². The summed E-state index contributed by atoms with van der Waals surface area (Å²) < 4.78 is 6.10. The third-order valence-corrected chi connectivity index (χ3v) is 6.24. The Hall–Kier alpha value is -2.95. The van der Waals surface area contributed by atoms with Crippen LogP contribution < -0.4 is 4.90 Å². The number of aryl methyl sites for hydroxylation is 1. The van der Waals surface area contributed by atoms with Crippen LogP contribution in [0.4, 0.5) is 5.69 Å². The highest BCUT2D eigenvalue weighted by atomic mass is 16.6. The van der Waals surface area contributed by atoms with Gasteiger partial charge in [-0.1, -0.05) is 44.2 Å². The van der Waals surface area contributed by atoms with Crippen LogP contribution in [0.1, 0.15) is 45.1 Å². The smallest absolute Gasteiger partial charge is 0.359 e. The molecule has 2 aliphatic rings. The highest BCUT2D eigenvalue weighted by Crippen LogP contribution is 2.43. The maximum atomic E-state index is 13.2. The van der Waals surface area contributed by atoms with Gasteiger partial charge in [-0.2, -0.15) is 0 Å².